The van der Waals surface area contributed by atoms with Crippen LogP contribution < -0.4 is 0 Å². The lowest BCUT2D eigenvalue weighted by atomic mass is 9.92. The predicted molar refractivity (Wildman–Crippen MR) is 74.7 cm³/mol. The second kappa shape index (κ2) is 5.31. The highest BCUT2D eigenvalue weighted by Gasteiger charge is 2.24. The topological polar surface area (TPSA) is 12.4 Å². The van der Waals surface area contributed by atoms with E-state index in [1.165, 1.54) is 24.0 Å². The van der Waals surface area contributed by atoms with Crippen LogP contribution in [0.5, 0.6) is 0 Å². The first-order valence-electron chi connectivity index (χ1n) is 6.38. The van der Waals surface area contributed by atoms with Gasteiger partial charge in [0.25, 0.3) is 0 Å². The van der Waals surface area contributed by atoms with E-state index < -0.39 is 0 Å². The number of rotatable bonds is 4. The van der Waals surface area contributed by atoms with Gasteiger partial charge in [0.2, 0.25) is 0 Å². The molecule has 0 fully saturated rings. The summed E-state index contributed by atoms with van der Waals surface area (Å²) >= 11 is 0. The van der Waals surface area contributed by atoms with E-state index in [0.29, 0.717) is 5.92 Å². The number of fused-ring (bicyclic) bond motifs is 1. The van der Waals surface area contributed by atoms with Gasteiger partial charge in [0.05, 0.1) is 6.54 Å². The van der Waals surface area contributed by atoms with Crippen molar-refractivity contribution < 1.29 is 0 Å². The monoisotopic (exact) mass is 227 g/mol. The molecule has 1 atom stereocenters. The molecule has 1 aromatic rings. The highest BCUT2D eigenvalue weighted by molar-refractivity contribution is 5.61. The second-order valence-corrected chi connectivity index (χ2v) is 5.24. The summed E-state index contributed by atoms with van der Waals surface area (Å²) in [4.78, 5) is 4.45. The zero-order valence-corrected chi connectivity index (χ0v) is 10.8. The fraction of sp³-hybridized carbons (Fsp3) is 0.438. The smallest absolute Gasteiger partial charge is 0.0590 e. The number of hydrogen-bond donors (Lipinski definition) is 0. The summed E-state index contributed by atoms with van der Waals surface area (Å²) in [6.45, 7) is 8.93. The standard InChI is InChI=1S/C16H21N/c1-12(2)10-17-11-13(3)16-8-14-6-4-5-7-15(14)9-16/h4-7,11,13,16H,1,8-10H2,2-3H3. The van der Waals surface area contributed by atoms with Crippen LogP contribution in [-0.2, 0) is 12.8 Å². The molecule has 0 saturated heterocycles. The Hall–Kier alpha value is -1.37. The Morgan fingerprint density at radius 3 is 2.53 bits per heavy atom. The number of benzene rings is 1. The molecule has 90 valence electrons. The molecule has 0 heterocycles. The minimum atomic E-state index is 0.557. The summed E-state index contributed by atoms with van der Waals surface area (Å²) in [7, 11) is 0. The maximum atomic E-state index is 4.45. The van der Waals surface area contributed by atoms with Crippen molar-refractivity contribution in [3.63, 3.8) is 0 Å². The molecule has 1 aromatic carbocycles. The van der Waals surface area contributed by atoms with Gasteiger partial charge in [0.15, 0.2) is 0 Å². The zero-order valence-electron chi connectivity index (χ0n) is 10.8. The van der Waals surface area contributed by atoms with Crippen molar-refractivity contribution in [3.8, 4) is 0 Å². The van der Waals surface area contributed by atoms with Gasteiger partial charge in [0.1, 0.15) is 0 Å². The first kappa shape index (κ1) is 12.1. The second-order valence-electron chi connectivity index (χ2n) is 5.24. The molecule has 0 radical (unpaired) electrons. The van der Waals surface area contributed by atoms with Gasteiger partial charge in [-0.05, 0) is 42.7 Å². The van der Waals surface area contributed by atoms with Crippen LogP contribution in [0, 0.1) is 11.8 Å². The van der Waals surface area contributed by atoms with E-state index >= 15 is 0 Å². The van der Waals surface area contributed by atoms with Crippen molar-refractivity contribution in [3.05, 3.63) is 47.5 Å². The largest absolute Gasteiger partial charge is 0.293 e. The van der Waals surface area contributed by atoms with Crippen LogP contribution in [0.3, 0.4) is 0 Å². The van der Waals surface area contributed by atoms with E-state index in [-0.39, 0.29) is 0 Å². The average Bonchev–Trinajstić information content (AvgIpc) is 2.71. The highest BCUT2D eigenvalue weighted by Crippen LogP contribution is 2.30. The third kappa shape index (κ3) is 3.06. The minimum Gasteiger partial charge on any atom is -0.293 e. The molecule has 1 aliphatic rings. The van der Waals surface area contributed by atoms with Crippen LogP contribution in [-0.4, -0.2) is 12.8 Å². The van der Waals surface area contributed by atoms with Gasteiger partial charge in [-0.2, -0.15) is 0 Å². The van der Waals surface area contributed by atoms with Gasteiger partial charge in [-0.1, -0.05) is 43.3 Å². The van der Waals surface area contributed by atoms with Gasteiger partial charge < -0.3 is 0 Å². The van der Waals surface area contributed by atoms with Crippen LogP contribution in [0.25, 0.3) is 0 Å². The van der Waals surface area contributed by atoms with Crippen LogP contribution in [0.2, 0.25) is 0 Å². The molecule has 2 rings (SSSR count). The molecule has 0 spiro atoms. The molecule has 0 bridgehead atoms. The summed E-state index contributed by atoms with van der Waals surface area (Å²) < 4.78 is 0. The molecule has 0 amide bonds. The van der Waals surface area contributed by atoms with Crippen molar-refractivity contribution in [1.82, 2.24) is 0 Å². The van der Waals surface area contributed by atoms with E-state index in [4.69, 9.17) is 0 Å². The molecule has 0 saturated carbocycles. The van der Waals surface area contributed by atoms with E-state index in [0.717, 1.165) is 18.0 Å². The molecule has 0 aliphatic heterocycles. The molecular formula is C16H21N. The normalized spacial score (nSPS) is 17.3. The lowest BCUT2D eigenvalue weighted by Gasteiger charge is -2.13. The fourth-order valence-electron chi connectivity index (χ4n) is 2.46. The summed E-state index contributed by atoms with van der Waals surface area (Å²) in [6.07, 6.45) is 4.53. The first-order valence-corrected chi connectivity index (χ1v) is 6.38. The molecule has 17 heavy (non-hydrogen) atoms. The predicted octanol–water partition coefficient (Wildman–Crippen LogP) is 3.68. The Labute approximate surface area is 104 Å². The van der Waals surface area contributed by atoms with Crippen molar-refractivity contribution in [2.45, 2.75) is 26.7 Å². The lowest BCUT2D eigenvalue weighted by molar-refractivity contribution is 0.472. The van der Waals surface area contributed by atoms with Gasteiger partial charge in [0, 0.05) is 6.21 Å². The average molecular weight is 227 g/mol. The maximum absolute atomic E-state index is 4.45. The SMILES string of the molecule is C=C(C)CN=CC(C)C1Cc2ccccc2C1. The van der Waals surface area contributed by atoms with E-state index in [9.17, 15) is 0 Å². The van der Waals surface area contributed by atoms with E-state index in [1.54, 1.807) is 0 Å². The van der Waals surface area contributed by atoms with Crippen molar-refractivity contribution >= 4 is 6.21 Å². The lowest BCUT2D eigenvalue weighted by Crippen LogP contribution is -2.13. The zero-order chi connectivity index (χ0) is 12.3. The highest BCUT2D eigenvalue weighted by atomic mass is 14.7. The molecule has 0 N–H and O–H groups in total. The quantitative estimate of drug-likeness (QED) is 0.549. The molecule has 1 aliphatic carbocycles. The third-order valence-corrected chi connectivity index (χ3v) is 3.53. The Bertz CT molecular complexity index is 406. The van der Waals surface area contributed by atoms with E-state index in [2.05, 4.69) is 49.0 Å². The Balaban J connectivity index is 1.94. The summed E-state index contributed by atoms with van der Waals surface area (Å²) in [5.74, 6) is 1.28. The molecule has 1 nitrogen and oxygen atoms in total. The van der Waals surface area contributed by atoms with Crippen molar-refractivity contribution in [2.75, 3.05) is 6.54 Å². The Morgan fingerprint density at radius 1 is 1.41 bits per heavy atom. The molecular weight excluding hydrogens is 206 g/mol. The van der Waals surface area contributed by atoms with E-state index in [1.807, 2.05) is 6.92 Å². The van der Waals surface area contributed by atoms with Gasteiger partial charge in [-0.25, -0.2) is 0 Å². The van der Waals surface area contributed by atoms with Crippen molar-refractivity contribution in [2.24, 2.45) is 16.8 Å². The van der Waals surface area contributed by atoms with Crippen molar-refractivity contribution in [1.29, 1.82) is 0 Å². The number of nitrogens with zero attached hydrogens (tertiary/aromatic N) is 1. The fourth-order valence-corrected chi connectivity index (χ4v) is 2.46. The van der Waals surface area contributed by atoms with Gasteiger partial charge >= 0.3 is 0 Å². The van der Waals surface area contributed by atoms with Crippen LogP contribution >= 0.6 is 0 Å². The summed E-state index contributed by atoms with van der Waals surface area (Å²) in [6, 6.07) is 8.79. The van der Waals surface area contributed by atoms with Crippen LogP contribution in [0.15, 0.2) is 41.4 Å². The number of aliphatic imine (C=N–C) groups is 1. The summed E-state index contributed by atoms with van der Waals surface area (Å²) in [5, 5.41) is 0. The third-order valence-electron chi connectivity index (χ3n) is 3.53. The molecule has 1 unspecified atom stereocenters. The van der Waals surface area contributed by atoms with Gasteiger partial charge in [-0.3, -0.25) is 4.99 Å². The summed E-state index contributed by atoms with van der Waals surface area (Å²) in [5.41, 5.74) is 4.18. The number of hydrogen-bond acceptors (Lipinski definition) is 1. The Kier molecular flexibility index (Phi) is 3.78. The maximum Gasteiger partial charge on any atom is 0.0590 e. The Morgan fingerprint density at radius 2 is 2.00 bits per heavy atom. The van der Waals surface area contributed by atoms with Crippen LogP contribution in [0.4, 0.5) is 0 Å². The first-order chi connectivity index (χ1) is 8.16. The minimum absolute atomic E-state index is 0.557. The van der Waals surface area contributed by atoms with Crippen LogP contribution in [0.1, 0.15) is 25.0 Å². The van der Waals surface area contributed by atoms with Gasteiger partial charge in [-0.15, -0.1) is 0 Å². The molecule has 1 heteroatoms. The molecule has 0 aromatic heterocycles.